The van der Waals surface area contributed by atoms with Crippen LogP contribution in [0.15, 0.2) is 60.9 Å². The number of benzene rings is 2. The van der Waals surface area contributed by atoms with Crippen molar-refractivity contribution in [3.05, 3.63) is 72.2 Å². The van der Waals surface area contributed by atoms with Crippen LogP contribution >= 0.6 is 0 Å². The first-order valence-electron chi connectivity index (χ1n) is 10.8. The summed E-state index contributed by atoms with van der Waals surface area (Å²) in [6.45, 7) is 0.706. The molecule has 3 N–H and O–H groups in total. The Labute approximate surface area is 186 Å². The number of nitrogens with two attached hydrogens (primary N) is 1. The second-order valence-electron chi connectivity index (χ2n) is 8.04. The summed E-state index contributed by atoms with van der Waals surface area (Å²) < 4.78 is 5.28. The van der Waals surface area contributed by atoms with E-state index in [-0.39, 0.29) is 17.9 Å². The van der Waals surface area contributed by atoms with Gasteiger partial charge in [0.2, 0.25) is 11.9 Å². The van der Waals surface area contributed by atoms with E-state index >= 15 is 0 Å². The van der Waals surface area contributed by atoms with Gasteiger partial charge in [-0.2, -0.15) is 0 Å². The lowest BCUT2D eigenvalue weighted by atomic mass is 9.99. The first-order valence-corrected chi connectivity index (χ1v) is 10.8. The van der Waals surface area contributed by atoms with Gasteiger partial charge in [-0.25, -0.2) is 9.97 Å². The van der Waals surface area contributed by atoms with Crippen LogP contribution in [0.5, 0.6) is 5.75 Å². The van der Waals surface area contributed by atoms with Gasteiger partial charge < -0.3 is 20.4 Å². The number of rotatable bonds is 5. The quantitative estimate of drug-likeness (QED) is 0.499. The van der Waals surface area contributed by atoms with Gasteiger partial charge in [0.15, 0.2) is 0 Å². The number of nitrogens with one attached hydrogen (secondary N) is 1. The molecule has 2 aromatic carbocycles. The van der Waals surface area contributed by atoms with Crippen molar-refractivity contribution in [3.63, 3.8) is 0 Å². The van der Waals surface area contributed by atoms with Gasteiger partial charge in [-0.15, -0.1) is 0 Å². The molecular weight excluding hydrogens is 402 g/mol. The van der Waals surface area contributed by atoms with Crippen LogP contribution in [0, 0.1) is 0 Å². The zero-order valence-corrected chi connectivity index (χ0v) is 17.9. The van der Waals surface area contributed by atoms with Crippen molar-refractivity contribution in [1.29, 1.82) is 0 Å². The number of carbonyl (C=O) groups excluding carboxylic acids is 1. The van der Waals surface area contributed by atoms with E-state index in [0.29, 0.717) is 13.0 Å². The molecule has 7 heteroatoms. The van der Waals surface area contributed by atoms with E-state index in [0.717, 1.165) is 51.9 Å². The van der Waals surface area contributed by atoms with Crippen molar-refractivity contribution >= 4 is 22.8 Å². The number of aromatic amines is 1. The van der Waals surface area contributed by atoms with Crippen LogP contribution in [0.4, 0.5) is 5.95 Å². The number of carbonyl (C=O) groups is 1. The minimum Gasteiger partial charge on any atom is -0.497 e. The fourth-order valence-corrected chi connectivity index (χ4v) is 4.55. The number of hydrogen-bond acceptors (Lipinski definition) is 5. The van der Waals surface area contributed by atoms with Gasteiger partial charge >= 0.3 is 0 Å². The lowest BCUT2D eigenvalue weighted by Gasteiger charge is -2.26. The molecule has 0 spiro atoms. The monoisotopic (exact) mass is 427 g/mol. The molecule has 7 nitrogen and oxygen atoms in total. The molecule has 1 aliphatic rings. The van der Waals surface area contributed by atoms with Crippen molar-refractivity contribution in [2.45, 2.75) is 25.3 Å². The molecule has 0 aliphatic carbocycles. The van der Waals surface area contributed by atoms with Crippen LogP contribution in [0.2, 0.25) is 0 Å². The molecule has 0 bridgehead atoms. The average Bonchev–Trinajstić information content (AvgIpc) is 3.47. The lowest BCUT2D eigenvalue weighted by molar-refractivity contribution is -0.131. The predicted molar refractivity (Wildman–Crippen MR) is 124 cm³/mol. The number of para-hydroxylation sites is 1. The van der Waals surface area contributed by atoms with Gasteiger partial charge in [0, 0.05) is 35.4 Å². The number of hydrogen-bond donors (Lipinski definition) is 2. The maximum Gasteiger partial charge on any atom is 0.227 e. The Hall–Kier alpha value is -3.87. The van der Waals surface area contributed by atoms with E-state index in [1.165, 1.54) is 0 Å². The maximum atomic E-state index is 13.4. The number of aromatic nitrogens is 3. The Morgan fingerprint density at radius 3 is 2.84 bits per heavy atom. The highest BCUT2D eigenvalue weighted by molar-refractivity contribution is 5.89. The van der Waals surface area contributed by atoms with Crippen LogP contribution in [-0.4, -0.2) is 39.4 Å². The van der Waals surface area contributed by atoms with Crippen molar-refractivity contribution in [3.8, 4) is 16.9 Å². The molecule has 1 saturated heterocycles. The molecule has 3 heterocycles. The third-order valence-corrected chi connectivity index (χ3v) is 6.14. The first-order chi connectivity index (χ1) is 15.6. The highest BCUT2D eigenvalue weighted by atomic mass is 16.5. The number of nitrogens with zero attached hydrogens (tertiary/aromatic N) is 3. The number of fused-ring (bicyclic) bond motifs is 1. The minimum absolute atomic E-state index is 0.0927. The molecule has 162 valence electrons. The van der Waals surface area contributed by atoms with Gasteiger partial charge in [-0.3, -0.25) is 4.79 Å². The van der Waals surface area contributed by atoms with E-state index < -0.39 is 0 Å². The molecule has 5 rings (SSSR count). The maximum absolute atomic E-state index is 13.4. The van der Waals surface area contributed by atoms with Crippen LogP contribution < -0.4 is 10.5 Å². The zero-order chi connectivity index (χ0) is 22.1. The fourth-order valence-electron chi connectivity index (χ4n) is 4.55. The molecule has 1 fully saturated rings. The topological polar surface area (TPSA) is 97.1 Å². The second kappa shape index (κ2) is 8.34. The van der Waals surface area contributed by atoms with E-state index in [1.54, 1.807) is 13.3 Å². The number of amides is 1. The van der Waals surface area contributed by atoms with E-state index in [2.05, 4.69) is 15.0 Å². The number of nitrogen functional groups attached to an aromatic ring is 1. The van der Waals surface area contributed by atoms with Gasteiger partial charge in [-0.05, 0) is 42.2 Å². The first kappa shape index (κ1) is 20.1. The number of anilines is 1. The summed E-state index contributed by atoms with van der Waals surface area (Å²) in [5, 5.41) is 1.08. The van der Waals surface area contributed by atoms with Gasteiger partial charge in [0.25, 0.3) is 0 Å². The molecule has 0 saturated carbocycles. The Morgan fingerprint density at radius 1 is 1.22 bits per heavy atom. The molecule has 1 aliphatic heterocycles. The van der Waals surface area contributed by atoms with Crippen molar-refractivity contribution in [2.24, 2.45) is 0 Å². The standard InChI is InChI=1S/C25H25N5O2/c1-32-18-10-8-16(9-11-18)20-15-28-25(26)29-24(20)22-7-4-12-30(22)23(31)13-17-14-27-21-6-3-2-5-19(17)21/h2-3,5-6,8-11,14-15,22,27H,4,7,12-13H2,1H3,(H2,26,28,29). The minimum atomic E-state index is -0.130. The molecule has 0 radical (unpaired) electrons. The summed E-state index contributed by atoms with van der Waals surface area (Å²) in [6, 6.07) is 15.7. The number of methoxy groups -OCH3 is 1. The number of H-pyrrole nitrogens is 1. The summed E-state index contributed by atoms with van der Waals surface area (Å²) in [5.74, 6) is 1.09. The smallest absolute Gasteiger partial charge is 0.227 e. The summed E-state index contributed by atoms with van der Waals surface area (Å²) in [6.07, 6.45) is 5.80. The van der Waals surface area contributed by atoms with Crippen LogP contribution in [0.3, 0.4) is 0 Å². The second-order valence-corrected chi connectivity index (χ2v) is 8.04. The molecule has 4 aromatic rings. The van der Waals surface area contributed by atoms with E-state index in [1.807, 2.05) is 59.6 Å². The van der Waals surface area contributed by atoms with Crippen LogP contribution in [0.25, 0.3) is 22.0 Å². The van der Waals surface area contributed by atoms with Crippen LogP contribution in [0.1, 0.15) is 30.1 Å². The van der Waals surface area contributed by atoms with E-state index in [4.69, 9.17) is 10.5 Å². The Morgan fingerprint density at radius 2 is 2.03 bits per heavy atom. The number of likely N-dealkylation sites (tertiary alicyclic amines) is 1. The van der Waals surface area contributed by atoms with Crippen LogP contribution in [-0.2, 0) is 11.2 Å². The molecule has 1 atom stereocenters. The average molecular weight is 428 g/mol. The molecule has 1 unspecified atom stereocenters. The normalized spacial score (nSPS) is 15.9. The predicted octanol–water partition coefficient (Wildman–Crippen LogP) is 4.12. The molecule has 32 heavy (non-hydrogen) atoms. The Balaban J connectivity index is 1.46. The van der Waals surface area contributed by atoms with Gasteiger partial charge in [0.05, 0.1) is 25.3 Å². The number of ether oxygens (including phenoxy) is 1. The largest absolute Gasteiger partial charge is 0.497 e. The van der Waals surface area contributed by atoms with Gasteiger partial charge in [-0.1, -0.05) is 30.3 Å². The van der Waals surface area contributed by atoms with E-state index in [9.17, 15) is 4.79 Å². The summed E-state index contributed by atoms with van der Waals surface area (Å²) in [4.78, 5) is 27.4. The summed E-state index contributed by atoms with van der Waals surface area (Å²) >= 11 is 0. The lowest BCUT2D eigenvalue weighted by Crippen LogP contribution is -2.32. The van der Waals surface area contributed by atoms with Gasteiger partial charge in [0.1, 0.15) is 5.75 Å². The fraction of sp³-hybridized carbons (Fsp3) is 0.240. The van der Waals surface area contributed by atoms with Crippen molar-refractivity contribution in [1.82, 2.24) is 19.9 Å². The molecule has 2 aromatic heterocycles. The van der Waals surface area contributed by atoms with Crippen molar-refractivity contribution in [2.75, 3.05) is 19.4 Å². The summed E-state index contributed by atoms with van der Waals surface area (Å²) in [7, 11) is 1.64. The SMILES string of the molecule is COc1ccc(-c2cnc(N)nc2C2CCCN2C(=O)Cc2c[nH]c3ccccc23)cc1. The summed E-state index contributed by atoms with van der Waals surface area (Å²) in [5.41, 5.74) is 10.7. The third kappa shape index (κ3) is 3.66. The Bertz CT molecular complexity index is 1270. The zero-order valence-electron chi connectivity index (χ0n) is 17.9. The highest BCUT2D eigenvalue weighted by Gasteiger charge is 2.33. The molecule has 1 amide bonds. The third-order valence-electron chi connectivity index (χ3n) is 6.14. The Kier molecular flexibility index (Phi) is 5.23. The molecular formula is C25H25N5O2. The van der Waals surface area contributed by atoms with Crippen molar-refractivity contribution < 1.29 is 9.53 Å². The highest BCUT2D eigenvalue weighted by Crippen LogP contribution is 2.37.